The van der Waals surface area contributed by atoms with E-state index in [1.54, 1.807) is 37.3 Å². The van der Waals surface area contributed by atoms with Crippen molar-refractivity contribution in [1.29, 1.82) is 0 Å². The maximum absolute atomic E-state index is 13.4. The van der Waals surface area contributed by atoms with Gasteiger partial charge in [-0.25, -0.2) is 4.39 Å². The van der Waals surface area contributed by atoms with Crippen LogP contribution in [0.4, 0.5) is 4.39 Å². The fraction of sp³-hybridized carbons (Fsp3) is 0.261. The third-order valence-electron chi connectivity index (χ3n) is 5.17. The van der Waals surface area contributed by atoms with Gasteiger partial charge in [-0.2, -0.15) is 0 Å². The molecular weight excluding hydrogens is 387 g/mol. The second-order valence-electron chi connectivity index (χ2n) is 6.95. The average molecular weight is 410 g/mol. The second kappa shape index (κ2) is 8.59. The molecule has 0 spiro atoms. The summed E-state index contributed by atoms with van der Waals surface area (Å²) in [4.78, 5) is 18.4. The minimum Gasteiger partial charge on any atom is -0.493 e. The van der Waals surface area contributed by atoms with Crippen LogP contribution < -0.4 is 9.47 Å². The zero-order valence-electron chi connectivity index (χ0n) is 16.9. The summed E-state index contributed by atoms with van der Waals surface area (Å²) in [7, 11) is 3.15. The molecule has 7 heteroatoms. The lowest BCUT2D eigenvalue weighted by atomic mass is 10.1. The highest BCUT2D eigenvalue weighted by atomic mass is 19.1. The predicted octanol–water partition coefficient (Wildman–Crippen LogP) is 3.98. The fourth-order valence-electron chi connectivity index (χ4n) is 3.56. The van der Waals surface area contributed by atoms with Crippen LogP contribution in [0.5, 0.6) is 11.5 Å². The molecule has 1 amide bonds. The van der Waals surface area contributed by atoms with Crippen molar-refractivity contribution in [2.24, 2.45) is 0 Å². The zero-order valence-corrected chi connectivity index (χ0v) is 16.9. The summed E-state index contributed by atoms with van der Waals surface area (Å²) in [6, 6.07) is 13.5. The summed E-state index contributed by atoms with van der Waals surface area (Å²) in [5, 5.41) is 0. The lowest BCUT2D eigenvalue weighted by Crippen LogP contribution is -2.40. The van der Waals surface area contributed by atoms with Gasteiger partial charge in [-0.05, 0) is 54.1 Å². The smallest absolute Gasteiger partial charge is 0.256 e. The Kier molecular flexibility index (Phi) is 5.72. The number of aromatic nitrogens is 1. The molecule has 1 aromatic heterocycles. The SMILES string of the molecule is COc1ccc(-c2[nH]c(-c3ccc(F)cc3)cc2C(=O)N2CCOCC2)cc1OC. The first-order valence-corrected chi connectivity index (χ1v) is 9.69. The van der Waals surface area contributed by atoms with Crippen molar-refractivity contribution >= 4 is 5.91 Å². The van der Waals surface area contributed by atoms with Gasteiger partial charge in [0.15, 0.2) is 11.5 Å². The van der Waals surface area contributed by atoms with E-state index < -0.39 is 0 Å². The number of benzene rings is 2. The largest absolute Gasteiger partial charge is 0.493 e. The van der Waals surface area contributed by atoms with E-state index in [1.165, 1.54) is 12.1 Å². The van der Waals surface area contributed by atoms with Crippen LogP contribution in [-0.4, -0.2) is 56.3 Å². The topological polar surface area (TPSA) is 63.8 Å². The van der Waals surface area contributed by atoms with Crippen molar-refractivity contribution < 1.29 is 23.4 Å². The molecule has 4 rings (SSSR count). The van der Waals surface area contributed by atoms with E-state index in [0.29, 0.717) is 49.1 Å². The number of hydrogen-bond acceptors (Lipinski definition) is 4. The van der Waals surface area contributed by atoms with Crippen LogP contribution >= 0.6 is 0 Å². The molecule has 2 aromatic carbocycles. The van der Waals surface area contributed by atoms with Crippen molar-refractivity contribution in [3.8, 4) is 34.0 Å². The molecule has 1 aliphatic rings. The zero-order chi connectivity index (χ0) is 21.1. The number of rotatable bonds is 5. The molecule has 0 radical (unpaired) electrons. The summed E-state index contributed by atoms with van der Waals surface area (Å²) in [5.41, 5.74) is 3.53. The van der Waals surface area contributed by atoms with Crippen LogP contribution in [-0.2, 0) is 4.74 Å². The van der Waals surface area contributed by atoms with Gasteiger partial charge in [0, 0.05) is 24.3 Å². The van der Waals surface area contributed by atoms with Gasteiger partial charge in [-0.3, -0.25) is 4.79 Å². The third kappa shape index (κ3) is 3.89. The van der Waals surface area contributed by atoms with E-state index in [4.69, 9.17) is 14.2 Å². The Bertz CT molecular complexity index is 1040. The Hall–Kier alpha value is -3.32. The molecule has 6 nitrogen and oxygen atoms in total. The minimum atomic E-state index is -0.310. The van der Waals surface area contributed by atoms with Crippen molar-refractivity contribution in [1.82, 2.24) is 9.88 Å². The molecule has 2 heterocycles. The lowest BCUT2D eigenvalue weighted by molar-refractivity contribution is 0.0303. The quantitative estimate of drug-likeness (QED) is 0.691. The highest BCUT2D eigenvalue weighted by Gasteiger charge is 2.24. The van der Waals surface area contributed by atoms with Gasteiger partial charge in [0.1, 0.15) is 5.82 Å². The number of amides is 1. The van der Waals surface area contributed by atoms with Crippen LogP contribution in [0, 0.1) is 5.82 Å². The number of methoxy groups -OCH3 is 2. The van der Waals surface area contributed by atoms with Gasteiger partial charge >= 0.3 is 0 Å². The van der Waals surface area contributed by atoms with Crippen LogP contribution in [0.25, 0.3) is 22.5 Å². The standard InChI is InChI=1S/C23H23FN2O4/c1-28-20-8-5-16(13-21(20)29-2)22-18(23(27)26-9-11-30-12-10-26)14-19(25-22)15-3-6-17(24)7-4-15/h3-8,13-14,25H,9-12H2,1-2H3. The average Bonchev–Trinajstić information content (AvgIpc) is 3.24. The summed E-state index contributed by atoms with van der Waals surface area (Å²) >= 11 is 0. The molecule has 1 aliphatic heterocycles. The molecule has 0 aliphatic carbocycles. The predicted molar refractivity (Wildman–Crippen MR) is 111 cm³/mol. The number of ether oxygens (including phenoxy) is 3. The van der Waals surface area contributed by atoms with E-state index in [9.17, 15) is 9.18 Å². The molecular formula is C23H23FN2O4. The summed E-state index contributed by atoms with van der Waals surface area (Å²) in [6.07, 6.45) is 0. The number of H-pyrrole nitrogens is 1. The highest BCUT2D eigenvalue weighted by Crippen LogP contribution is 2.35. The third-order valence-corrected chi connectivity index (χ3v) is 5.17. The fourth-order valence-corrected chi connectivity index (χ4v) is 3.56. The molecule has 1 N–H and O–H groups in total. The Balaban J connectivity index is 1.81. The normalized spacial score (nSPS) is 13.9. The van der Waals surface area contributed by atoms with Crippen molar-refractivity contribution in [2.75, 3.05) is 40.5 Å². The number of halogens is 1. The van der Waals surface area contributed by atoms with E-state index in [-0.39, 0.29) is 11.7 Å². The molecule has 1 saturated heterocycles. The van der Waals surface area contributed by atoms with Crippen molar-refractivity contribution in [3.05, 3.63) is 59.9 Å². The van der Waals surface area contributed by atoms with Gasteiger partial charge in [0.25, 0.3) is 5.91 Å². The first-order chi connectivity index (χ1) is 14.6. The van der Waals surface area contributed by atoms with Crippen LogP contribution in [0.15, 0.2) is 48.5 Å². The van der Waals surface area contributed by atoms with Crippen LogP contribution in [0.3, 0.4) is 0 Å². The molecule has 30 heavy (non-hydrogen) atoms. The van der Waals surface area contributed by atoms with Gasteiger partial charge in [0.2, 0.25) is 0 Å². The van der Waals surface area contributed by atoms with Gasteiger partial charge in [0.05, 0.1) is 38.7 Å². The maximum Gasteiger partial charge on any atom is 0.256 e. The van der Waals surface area contributed by atoms with E-state index in [1.807, 2.05) is 18.2 Å². The summed E-state index contributed by atoms with van der Waals surface area (Å²) < 4.78 is 29.5. The molecule has 0 unspecified atom stereocenters. The molecule has 0 atom stereocenters. The molecule has 0 saturated carbocycles. The van der Waals surface area contributed by atoms with Gasteiger partial charge < -0.3 is 24.1 Å². The van der Waals surface area contributed by atoms with E-state index >= 15 is 0 Å². The van der Waals surface area contributed by atoms with Gasteiger partial charge in [-0.1, -0.05) is 0 Å². The molecule has 3 aromatic rings. The Morgan fingerprint density at radius 1 is 0.967 bits per heavy atom. The molecule has 1 fully saturated rings. The van der Waals surface area contributed by atoms with Crippen molar-refractivity contribution in [3.63, 3.8) is 0 Å². The Morgan fingerprint density at radius 2 is 1.63 bits per heavy atom. The number of aromatic amines is 1. The van der Waals surface area contributed by atoms with Crippen molar-refractivity contribution in [2.45, 2.75) is 0 Å². The number of carbonyl (C=O) groups excluding carboxylic acids is 1. The van der Waals surface area contributed by atoms with Crippen LogP contribution in [0.2, 0.25) is 0 Å². The molecule has 0 bridgehead atoms. The number of nitrogens with zero attached hydrogens (tertiary/aromatic N) is 1. The Morgan fingerprint density at radius 3 is 2.30 bits per heavy atom. The summed E-state index contributed by atoms with van der Waals surface area (Å²) in [5.74, 6) is 0.785. The minimum absolute atomic E-state index is 0.0762. The number of carbonyl (C=O) groups is 1. The number of morpholine rings is 1. The number of hydrogen-bond donors (Lipinski definition) is 1. The first kappa shape index (κ1) is 20.0. The molecule has 156 valence electrons. The van der Waals surface area contributed by atoms with E-state index in [2.05, 4.69) is 4.98 Å². The first-order valence-electron chi connectivity index (χ1n) is 9.69. The lowest BCUT2D eigenvalue weighted by Gasteiger charge is -2.27. The Labute approximate surface area is 174 Å². The number of nitrogens with one attached hydrogen (secondary N) is 1. The van der Waals surface area contributed by atoms with E-state index in [0.717, 1.165) is 16.8 Å². The van der Waals surface area contributed by atoms with Crippen LogP contribution in [0.1, 0.15) is 10.4 Å². The monoisotopic (exact) mass is 410 g/mol. The second-order valence-corrected chi connectivity index (χ2v) is 6.95. The summed E-state index contributed by atoms with van der Waals surface area (Å²) in [6.45, 7) is 2.13. The highest BCUT2D eigenvalue weighted by molar-refractivity contribution is 6.02. The van der Waals surface area contributed by atoms with Gasteiger partial charge in [-0.15, -0.1) is 0 Å². The maximum atomic E-state index is 13.4.